The summed E-state index contributed by atoms with van der Waals surface area (Å²) in [5.74, 6) is 0.337. The topological polar surface area (TPSA) is 55.8 Å². The Morgan fingerprint density at radius 3 is 2.48 bits per heavy atom. The summed E-state index contributed by atoms with van der Waals surface area (Å²) in [6.45, 7) is 0.334. The van der Waals surface area contributed by atoms with Crippen molar-refractivity contribution in [2.75, 3.05) is 7.11 Å². The molecule has 0 radical (unpaired) electrons. The minimum absolute atomic E-state index is 0.334. The molecule has 0 atom stereocenters. The maximum Gasteiger partial charge on any atom is 0.328 e. The van der Waals surface area contributed by atoms with Crippen molar-refractivity contribution in [3.8, 4) is 11.5 Å². The van der Waals surface area contributed by atoms with Gasteiger partial charge in [-0.15, -0.1) is 0 Å². The Bertz CT molecular complexity index is 647. The highest BCUT2D eigenvalue weighted by atomic mass is 16.5. The van der Waals surface area contributed by atoms with Gasteiger partial charge in [-0.2, -0.15) is 0 Å². The second kappa shape index (κ2) is 7.14. The molecule has 0 spiro atoms. The summed E-state index contributed by atoms with van der Waals surface area (Å²) in [4.78, 5) is 10.6. The molecule has 0 saturated carbocycles. The highest BCUT2D eigenvalue weighted by Crippen LogP contribution is 2.27. The number of hydrogen-bond donors (Lipinski definition) is 1. The summed E-state index contributed by atoms with van der Waals surface area (Å²) in [6.07, 6.45) is 2.67. The summed E-state index contributed by atoms with van der Waals surface area (Å²) in [7, 11) is 1.59. The van der Waals surface area contributed by atoms with Crippen LogP contribution in [0.25, 0.3) is 6.08 Å². The number of carbonyl (C=O) groups is 1. The van der Waals surface area contributed by atoms with Gasteiger partial charge in [0.05, 0.1) is 7.11 Å². The van der Waals surface area contributed by atoms with Crippen LogP contribution in [0.4, 0.5) is 0 Å². The van der Waals surface area contributed by atoms with Crippen LogP contribution in [0.5, 0.6) is 11.5 Å². The Hall–Kier alpha value is -2.75. The Morgan fingerprint density at radius 2 is 1.76 bits per heavy atom. The minimum Gasteiger partial charge on any atom is -0.493 e. The van der Waals surface area contributed by atoms with E-state index in [0.29, 0.717) is 18.1 Å². The zero-order valence-electron chi connectivity index (χ0n) is 11.7. The first kappa shape index (κ1) is 14.7. The Morgan fingerprint density at radius 1 is 1.10 bits per heavy atom. The predicted molar refractivity (Wildman–Crippen MR) is 80.4 cm³/mol. The van der Waals surface area contributed by atoms with E-state index in [-0.39, 0.29) is 0 Å². The maximum absolute atomic E-state index is 10.6. The van der Waals surface area contributed by atoms with Gasteiger partial charge < -0.3 is 14.6 Å². The van der Waals surface area contributed by atoms with Crippen LogP contribution in [0, 0.1) is 0 Å². The van der Waals surface area contributed by atoms with E-state index in [1.807, 2.05) is 48.5 Å². The SMILES string of the molecule is COc1ccccc1OCc1ccccc1C=CC(=O)O. The van der Waals surface area contributed by atoms with Crippen LogP contribution in [0.1, 0.15) is 11.1 Å². The van der Waals surface area contributed by atoms with Crippen LogP contribution in [0.2, 0.25) is 0 Å². The second-order valence-electron chi connectivity index (χ2n) is 4.31. The Balaban J connectivity index is 2.15. The molecule has 4 nitrogen and oxygen atoms in total. The molecule has 1 N–H and O–H groups in total. The van der Waals surface area contributed by atoms with Gasteiger partial charge in [0.1, 0.15) is 6.61 Å². The highest BCUT2D eigenvalue weighted by molar-refractivity contribution is 5.85. The molecule has 2 rings (SSSR count). The molecule has 0 saturated heterocycles. The molecule has 0 aliphatic rings. The molecule has 4 heteroatoms. The highest BCUT2D eigenvalue weighted by Gasteiger charge is 2.05. The van der Waals surface area contributed by atoms with Gasteiger partial charge >= 0.3 is 5.97 Å². The first-order valence-electron chi connectivity index (χ1n) is 6.45. The van der Waals surface area contributed by atoms with Gasteiger partial charge in [-0.25, -0.2) is 4.79 Å². The average Bonchev–Trinajstić information content (AvgIpc) is 2.51. The third-order valence-corrected chi connectivity index (χ3v) is 2.91. The molecule has 0 heterocycles. The van der Waals surface area contributed by atoms with Crippen LogP contribution in [-0.4, -0.2) is 18.2 Å². The number of benzene rings is 2. The van der Waals surface area contributed by atoms with Crippen LogP contribution in [0.3, 0.4) is 0 Å². The summed E-state index contributed by atoms with van der Waals surface area (Å²) in [6, 6.07) is 14.9. The zero-order chi connectivity index (χ0) is 15.1. The number of methoxy groups -OCH3 is 1. The first-order chi connectivity index (χ1) is 10.2. The summed E-state index contributed by atoms with van der Waals surface area (Å²) >= 11 is 0. The van der Waals surface area contributed by atoms with Crippen molar-refractivity contribution in [2.24, 2.45) is 0 Å². The van der Waals surface area contributed by atoms with Crippen molar-refractivity contribution < 1.29 is 19.4 Å². The van der Waals surface area contributed by atoms with Crippen molar-refractivity contribution in [1.29, 1.82) is 0 Å². The van der Waals surface area contributed by atoms with Crippen molar-refractivity contribution in [3.05, 3.63) is 65.7 Å². The molecule has 0 fully saturated rings. The van der Waals surface area contributed by atoms with E-state index in [4.69, 9.17) is 14.6 Å². The van der Waals surface area contributed by atoms with Crippen LogP contribution < -0.4 is 9.47 Å². The van der Waals surface area contributed by atoms with Crippen LogP contribution >= 0.6 is 0 Å². The predicted octanol–water partition coefficient (Wildman–Crippen LogP) is 3.37. The van der Waals surface area contributed by atoms with Crippen molar-refractivity contribution in [3.63, 3.8) is 0 Å². The number of rotatable bonds is 6. The fourth-order valence-corrected chi connectivity index (χ4v) is 1.88. The molecule has 2 aromatic carbocycles. The number of carboxylic acids is 1. The number of para-hydroxylation sites is 2. The summed E-state index contributed by atoms with van der Waals surface area (Å²) in [5, 5.41) is 8.71. The Labute approximate surface area is 123 Å². The molecule has 0 aromatic heterocycles. The standard InChI is InChI=1S/C17H16O4/c1-20-15-8-4-5-9-16(15)21-12-14-7-3-2-6-13(14)10-11-17(18)19/h2-11H,12H2,1H3,(H,18,19). The third kappa shape index (κ3) is 4.11. The van der Waals surface area contributed by atoms with Crippen LogP contribution in [0.15, 0.2) is 54.6 Å². The van der Waals surface area contributed by atoms with E-state index in [2.05, 4.69) is 0 Å². The second-order valence-corrected chi connectivity index (χ2v) is 4.31. The lowest BCUT2D eigenvalue weighted by molar-refractivity contribution is -0.131. The lowest BCUT2D eigenvalue weighted by atomic mass is 10.1. The lowest BCUT2D eigenvalue weighted by Gasteiger charge is -2.11. The van der Waals surface area contributed by atoms with Crippen LogP contribution in [-0.2, 0) is 11.4 Å². The van der Waals surface area contributed by atoms with E-state index < -0.39 is 5.97 Å². The summed E-state index contributed by atoms with van der Waals surface area (Å²) in [5.41, 5.74) is 1.72. The van der Waals surface area contributed by atoms with E-state index in [1.165, 1.54) is 0 Å². The molecule has 0 aliphatic heterocycles. The molecular weight excluding hydrogens is 268 g/mol. The van der Waals surface area contributed by atoms with E-state index in [9.17, 15) is 4.79 Å². The zero-order valence-corrected chi connectivity index (χ0v) is 11.7. The first-order valence-corrected chi connectivity index (χ1v) is 6.45. The number of carboxylic acid groups (broad SMARTS) is 1. The van der Waals surface area contributed by atoms with Gasteiger partial charge in [0.25, 0.3) is 0 Å². The van der Waals surface area contributed by atoms with Gasteiger partial charge in [0.15, 0.2) is 11.5 Å². The fraction of sp³-hybridized carbons (Fsp3) is 0.118. The average molecular weight is 284 g/mol. The van der Waals surface area contributed by atoms with Crippen molar-refractivity contribution >= 4 is 12.0 Å². The lowest BCUT2D eigenvalue weighted by Crippen LogP contribution is -1.99. The van der Waals surface area contributed by atoms with Gasteiger partial charge in [-0.3, -0.25) is 0 Å². The van der Waals surface area contributed by atoms with Crippen molar-refractivity contribution in [1.82, 2.24) is 0 Å². The van der Waals surface area contributed by atoms with Gasteiger partial charge in [-0.1, -0.05) is 36.4 Å². The van der Waals surface area contributed by atoms with E-state index in [0.717, 1.165) is 17.2 Å². The molecule has 108 valence electrons. The maximum atomic E-state index is 10.6. The molecule has 0 unspecified atom stereocenters. The van der Waals surface area contributed by atoms with Gasteiger partial charge in [0.2, 0.25) is 0 Å². The third-order valence-electron chi connectivity index (χ3n) is 2.91. The molecule has 0 bridgehead atoms. The Kier molecular flexibility index (Phi) is 4.99. The minimum atomic E-state index is -0.976. The van der Waals surface area contributed by atoms with E-state index >= 15 is 0 Å². The molecule has 0 aliphatic carbocycles. The number of aliphatic carboxylic acids is 1. The van der Waals surface area contributed by atoms with Gasteiger partial charge in [-0.05, 0) is 29.3 Å². The monoisotopic (exact) mass is 284 g/mol. The van der Waals surface area contributed by atoms with Gasteiger partial charge in [0, 0.05) is 6.08 Å². The molecular formula is C17H16O4. The smallest absolute Gasteiger partial charge is 0.328 e. The number of ether oxygens (including phenoxy) is 2. The summed E-state index contributed by atoms with van der Waals surface area (Å²) < 4.78 is 11.0. The van der Waals surface area contributed by atoms with E-state index in [1.54, 1.807) is 13.2 Å². The molecule has 21 heavy (non-hydrogen) atoms. The molecule has 0 amide bonds. The molecule has 2 aromatic rings. The fourth-order valence-electron chi connectivity index (χ4n) is 1.88. The number of hydrogen-bond acceptors (Lipinski definition) is 3. The van der Waals surface area contributed by atoms with Crippen molar-refractivity contribution in [2.45, 2.75) is 6.61 Å². The quantitative estimate of drug-likeness (QED) is 0.826. The normalized spacial score (nSPS) is 10.5. The largest absolute Gasteiger partial charge is 0.493 e.